The van der Waals surface area contributed by atoms with Crippen LogP contribution in [0.25, 0.3) is 0 Å². The third-order valence-electron chi connectivity index (χ3n) is 7.25. The number of ketones is 1. The van der Waals surface area contributed by atoms with Gasteiger partial charge in [0.05, 0.1) is 6.04 Å². The second-order valence-electron chi connectivity index (χ2n) is 9.88. The highest BCUT2D eigenvalue weighted by Crippen LogP contribution is 2.55. The number of benzene rings is 1. The topological polar surface area (TPSA) is 125 Å². The van der Waals surface area contributed by atoms with Crippen molar-refractivity contribution in [3.63, 3.8) is 0 Å². The Morgan fingerprint density at radius 3 is 2.54 bits per heavy atom. The summed E-state index contributed by atoms with van der Waals surface area (Å²) in [6.07, 6.45) is -5.17. The molecular weight excluding hydrogens is 502 g/mol. The Kier molecular flexibility index (Phi) is 7.56. The average Bonchev–Trinajstić information content (AvgIpc) is 3.30. The molecule has 1 aromatic carbocycles. The number of nitrogens with zero attached hydrogens (tertiary/aromatic N) is 1. The minimum atomic E-state index is -5.06. The van der Waals surface area contributed by atoms with Crippen molar-refractivity contribution >= 4 is 23.5 Å². The summed E-state index contributed by atoms with van der Waals surface area (Å²) < 4.78 is 55.3. The Morgan fingerprint density at radius 2 is 1.95 bits per heavy atom. The molecule has 9 nitrogen and oxygen atoms in total. The van der Waals surface area contributed by atoms with E-state index in [0.717, 1.165) is 23.8 Å². The van der Waals surface area contributed by atoms with Crippen LogP contribution in [0.3, 0.4) is 0 Å². The van der Waals surface area contributed by atoms with E-state index in [9.17, 15) is 41.8 Å². The van der Waals surface area contributed by atoms with E-state index in [0.29, 0.717) is 13.0 Å². The third kappa shape index (κ3) is 6.27. The Hall–Kier alpha value is -3.06. The fourth-order valence-corrected chi connectivity index (χ4v) is 4.99. The van der Waals surface area contributed by atoms with Gasteiger partial charge in [0, 0.05) is 24.6 Å². The van der Waals surface area contributed by atoms with Gasteiger partial charge in [-0.05, 0) is 43.6 Å². The predicted octanol–water partition coefficient (Wildman–Crippen LogP) is 1.36. The highest BCUT2D eigenvalue weighted by atomic mass is 19.4. The maximum absolute atomic E-state index is 14.2. The SMILES string of the molecule is O=C1NCC[C@H]1C[C@H](NC(=O)[C@@H]1CC2(CC2)CN1C(=O)[C@H](O)c1ccccc1F)C(=O)COC(F)(F)F. The minimum Gasteiger partial charge on any atom is -0.378 e. The number of alkyl halides is 3. The number of Topliss-reactive ketones (excluding diaryl/α,β-unsaturated/α-hetero) is 1. The minimum absolute atomic E-state index is 0.135. The Bertz CT molecular complexity index is 1080. The molecule has 3 amide bonds. The van der Waals surface area contributed by atoms with Crippen molar-refractivity contribution in [2.45, 2.75) is 56.7 Å². The number of likely N-dealkylation sites (tertiary alicyclic amines) is 1. The number of nitrogens with one attached hydrogen (secondary N) is 2. The van der Waals surface area contributed by atoms with Crippen LogP contribution in [0.1, 0.15) is 43.8 Å². The number of rotatable bonds is 9. The van der Waals surface area contributed by atoms with Crippen molar-refractivity contribution < 1.29 is 46.6 Å². The van der Waals surface area contributed by atoms with Crippen LogP contribution in [-0.2, 0) is 23.9 Å². The maximum Gasteiger partial charge on any atom is 0.522 e. The number of amides is 3. The molecule has 0 bridgehead atoms. The molecule has 0 radical (unpaired) electrons. The van der Waals surface area contributed by atoms with Gasteiger partial charge in [-0.25, -0.2) is 4.39 Å². The monoisotopic (exact) mass is 529 g/mol. The van der Waals surface area contributed by atoms with Crippen LogP contribution < -0.4 is 10.6 Å². The molecule has 37 heavy (non-hydrogen) atoms. The van der Waals surface area contributed by atoms with Gasteiger partial charge in [0.25, 0.3) is 5.91 Å². The molecule has 3 aliphatic rings. The van der Waals surface area contributed by atoms with E-state index in [1.807, 2.05) is 0 Å². The molecule has 1 aromatic rings. The van der Waals surface area contributed by atoms with Gasteiger partial charge in [0.15, 0.2) is 11.9 Å². The van der Waals surface area contributed by atoms with Gasteiger partial charge in [-0.15, -0.1) is 13.2 Å². The van der Waals surface area contributed by atoms with Crippen LogP contribution in [0, 0.1) is 17.2 Å². The predicted molar refractivity (Wildman–Crippen MR) is 118 cm³/mol. The Labute approximate surface area is 209 Å². The fraction of sp³-hybridized carbons (Fsp3) is 0.583. The molecule has 3 N–H and O–H groups in total. The number of ether oxygens (including phenoxy) is 1. The molecule has 2 heterocycles. The summed E-state index contributed by atoms with van der Waals surface area (Å²) in [4.78, 5) is 52.2. The zero-order valence-electron chi connectivity index (χ0n) is 19.7. The van der Waals surface area contributed by atoms with E-state index < -0.39 is 60.5 Å². The lowest BCUT2D eigenvalue weighted by molar-refractivity contribution is -0.321. The summed E-state index contributed by atoms with van der Waals surface area (Å²) in [7, 11) is 0. The number of hydrogen-bond donors (Lipinski definition) is 3. The number of aliphatic hydroxyl groups is 1. The molecule has 4 atom stereocenters. The van der Waals surface area contributed by atoms with E-state index in [4.69, 9.17) is 0 Å². The second kappa shape index (κ2) is 10.4. The summed E-state index contributed by atoms with van der Waals surface area (Å²) in [6.45, 7) is -0.888. The molecule has 13 heteroatoms. The summed E-state index contributed by atoms with van der Waals surface area (Å²) in [5, 5.41) is 15.6. The summed E-state index contributed by atoms with van der Waals surface area (Å²) in [5.41, 5.74) is -0.607. The highest BCUT2D eigenvalue weighted by molar-refractivity contribution is 5.95. The van der Waals surface area contributed by atoms with E-state index in [1.165, 1.54) is 18.2 Å². The molecule has 1 aliphatic carbocycles. The van der Waals surface area contributed by atoms with Crippen molar-refractivity contribution in [1.29, 1.82) is 0 Å². The number of hydrogen-bond acceptors (Lipinski definition) is 6. The Balaban J connectivity index is 1.51. The first kappa shape index (κ1) is 27.0. The molecule has 1 saturated carbocycles. The lowest BCUT2D eigenvalue weighted by atomic mass is 9.95. The molecule has 3 fully saturated rings. The smallest absolute Gasteiger partial charge is 0.378 e. The van der Waals surface area contributed by atoms with Gasteiger partial charge in [0.2, 0.25) is 11.8 Å². The zero-order chi connectivity index (χ0) is 27.0. The van der Waals surface area contributed by atoms with Gasteiger partial charge in [-0.3, -0.25) is 23.9 Å². The molecule has 2 saturated heterocycles. The third-order valence-corrected chi connectivity index (χ3v) is 7.25. The summed E-state index contributed by atoms with van der Waals surface area (Å²) in [5.74, 6) is -4.65. The number of carbonyl (C=O) groups excluding carboxylic acids is 4. The normalized spacial score (nSPS) is 24.0. The average molecular weight is 529 g/mol. The van der Waals surface area contributed by atoms with Gasteiger partial charge in [0.1, 0.15) is 18.5 Å². The van der Waals surface area contributed by atoms with E-state index >= 15 is 0 Å². The molecule has 4 rings (SSSR count). The van der Waals surface area contributed by atoms with Crippen molar-refractivity contribution in [1.82, 2.24) is 15.5 Å². The maximum atomic E-state index is 14.2. The van der Waals surface area contributed by atoms with Gasteiger partial charge in [-0.2, -0.15) is 0 Å². The van der Waals surface area contributed by atoms with Crippen LogP contribution in [-0.4, -0.2) is 71.7 Å². The molecule has 202 valence electrons. The number of halogens is 4. The number of carbonyl (C=O) groups is 4. The van der Waals surface area contributed by atoms with Crippen LogP contribution in [0.15, 0.2) is 24.3 Å². The largest absolute Gasteiger partial charge is 0.522 e. The van der Waals surface area contributed by atoms with E-state index in [-0.39, 0.29) is 36.3 Å². The Morgan fingerprint density at radius 1 is 1.24 bits per heavy atom. The molecule has 2 aliphatic heterocycles. The van der Waals surface area contributed by atoms with Gasteiger partial charge < -0.3 is 20.6 Å². The van der Waals surface area contributed by atoms with Crippen LogP contribution >= 0.6 is 0 Å². The molecule has 0 unspecified atom stereocenters. The van der Waals surface area contributed by atoms with Crippen LogP contribution in [0.5, 0.6) is 0 Å². The molecular formula is C24H27F4N3O6. The standard InChI is InChI=1S/C24H27F4N3O6/c25-15-4-2-1-3-14(15)19(33)22(36)31-12-23(6-7-23)10-17(31)21(35)30-16(9-13-5-8-29-20(13)34)18(32)11-37-24(26,27)28/h1-4,13,16-17,19,33H,5-12H2,(H,29,34)(H,30,35)/t13-,16-,17-,19+/m0/s1. The van der Waals surface area contributed by atoms with E-state index in [1.54, 1.807) is 0 Å². The summed E-state index contributed by atoms with van der Waals surface area (Å²) in [6, 6.07) is 2.58. The van der Waals surface area contributed by atoms with Gasteiger partial charge >= 0.3 is 6.36 Å². The summed E-state index contributed by atoms with van der Waals surface area (Å²) >= 11 is 0. The molecule has 1 spiro atoms. The van der Waals surface area contributed by atoms with Gasteiger partial charge in [-0.1, -0.05) is 18.2 Å². The first-order chi connectivity index (χ1) is 17.4. The first-order valence-corrected chi connectivity index (χ1v) is 11.9. The lowest BCUT2D eigenvalue weighted by Gasteiger charge is -2.28. The van der Waals surface area contributed by atoms with E-state index in [2.05, 4.69) is 15.4 Å². The van der Waals surface area contributed by atoms with Crippen LogP contribution in [0.2, 0.25) is 0 Å². The molecule has 0 aromatic heterocycles. The quantitative estimate of drug-likeness (QED) is 0.415. The second-order valence-corrected chi connectivity index (χ2v) is 9.88. The van der Waals surface area contributed by atoms with Crippen LogP contribution in [0.4, 0.5) is 17.6 Å². The van der Waals surface area contributed by atoms with Crippen molar-refractivity contribution in [3.8, 4) is 0 Å². The fourth-order valence-electron chi connectivity index (χ4n) is 4.99. The first-order valence-electron chi connectivity index (χ1n) is 11.9. The number of aliphatic hydroxyl groups excluding tert-OH is 1. The highest BCUT2D eigenvalue weighted by Gasteiger charge is 2.56. The van der Waals surface area contributed by atoms with Crippen molar-refractivity contribution in [2.75, 3.05) is 19.7 Å². The lowest BCUT2D eigenvalue weighted by Crippen LogP contribution is -2.53. The zero-order valence-corrected chi connectivity index (χ0v) is 19.7. The van der Waals surface area contributed by atoms with Crippen molar-refractivity contribution in [2.24, 2.45) is 11.3 Å². The van der Waals surface area contributed by atoms with Crippen molar-refractivity contribution in [3.05, 3.63) is 35.6 Å².